The number of halogens is 4. The zero-order chi connectivity index (χ0) is 37.3. The standard InChI is InChI=1S/C38H46Cl4N4O6/c1-3-5-7-9-11-31(49-25-27-13-15-29(39)21-33(27)41)23-45-19-17-43-37(45)51-35(47)36(48)52-38-44-18-20-46(38)24-32(12-10-8-6-4-2)50-26-28-14-16-30(40)22-34(28)42/h13-22,31-32H,3-12,23-26H2,1-2H3. The summed E-state index contributed by atoms with van der Waals surface area (Å²) in [4.78, 5) is 34.2. The Morgan fingerprint density at radius 1 is 0.635 bits per heavy atom. The van der Waals surface area contributed by atoms with Gasteiger partial charge in [-0.25, -0.2) is 19.6 Å². The van der Waals surface area contributed by atoms with Crippen LogP contribution in [0.3, 0.4) is 0 Å². The predicted octanol–water partition coefficient (Wildman–Crippen LogP) is 10.3. The molecule has 2 atom stereocenters. The SMILES string of the molecule is CCCCCCC(Cn1ccnc1OC(=O)C(=O)Oc1nccn1CC(CCCCCC)OCc1ccc(Cl)cc1Cl)OCc1ccc(Cl)cc1Cl. The molecule has 2 unspecified atom stereocenters. The molecular formula is C38H46Cl4N4O6. The number of nitrogens with zero attached hydrogens (tertiary/aromatic N) is 4. The molecule has 52 heavy (non-hydrogen) atoms. The van der Waals surface area contributed by atoms with E-state index in [0.29, 0.717) is 33.2 Å². The molecule has 0 aliphatic heterocycles. The van der Waals surface area contributed by atoms with Crippen LogP contribution in [0.1, 0.15) is 89.2 Å². The molecule has 0 saturated carbocycles. The van der Waals surface area contributed by atoms with Crippen molar-refractivity contribution < 1.29 is 28.5 Å². The van der Waals surface area contributed by atoms with Gasteiger partial charge in [-0.3, -0.25) is 9.13 Å². The van der Waals surface area contributed by atoms with Gasteiger partial charge < -0.3 is 18.9 Å². The molecule has 14 heteroatoms. The molecule has 0 radical (unpaired) electrons. The van der Waals surface area contributed by atoms with Gasteiger partial charge in [-0.15, -0.1) is 0 Å². The maximum atomic E-state index is 13.0. The summed E-state index contributed by atoms with van der Waals surface area (Å²) >= 11 is 24.9. The quantitative estimate of drug-likeness (QED) is 0.0440. The third kappa shape index (κ3) is 13.7. The fourth-order valence-corrected chi connectivity index (χ4v) is 6.44. The molecule has 10 nitrogen and oxygen atoms in total. The minimum atomic E-state index is -1.24. The number of imidazole rings is 2. The van der Waals surface area contributed by atoms with Crippen molar-refractivity contribution in [2.75, 3.05) is 0 Å². The summed E-state index contributed by atoms with van der Waals surface area (Å²) in [5, 5.41) is 2.13. The first-order chi connectivity index (χ1) is 25.2. The number of hydrogen-bond donors (Lipinski definition) is 0. The highest BCUT2D eigenvalue weighted by molar-refractivity contribution is 6.35. The van der Waals surface area contributed by atoms with Crippen molar-refractivity contribution in [3.05, 3.63) is 92.4 Å². The van der Waals surface area contributed by atoms with Crippen LogP contribution in [0.2, 0.25) is 20.1 Å². The molecule has 282 valence electrons. The molecule has 2 aromatic carbocycles. The van der Waals surface area contributed by atoms with Crippen LogP contribution in [0.4, 0.5) is 0 Å². The largest absolute Gasteiger partial charge is 0.425 e. The number of aromatic nitrogens is 4. The van der Waals surface area contributed by atoms with Crippen LogP contribution in [-0.2, 0) is 45.4 Å². The Hall–Kier alpha value is -3.12. The fraction of sp³-hybridized carbons (Fsp3) is 0.474. The molecule has 0 saturated heterocycles. The van der Waals surface area contributed by atoms with Crippen molar-refractivity contribution in [2.24, 2.45) is 0 Å². The van der Waals surface area contributed by atoms with Gasteiger partial charge in [-0.05, 0) is 48.2 Å². The lowest BCUT2D eigenvalue weighted by Crippen LogP contribution is -2.29. The lowest BCUT2D eigenvalue weighted by molar-refractivity contribution is -0.157. The zero-order valence-corrected chi connectivity index (χ0v) is 32.6. The molecule has 0 bridgehead atoms. The molecule has 4 rings (SSSR count). The number of carbonyl (C=O) groups excluding carboxylic acids is 2. The Balaban J connectivity index is 1.37. The number of unbranched alkanes of at least 4 members (excludes halogenated alkanes) is 6. The number of rotatable bonds is 22. The number of esters is 2. The second kappa shape index (κ2) is 22.2. The lowest BCUT2D eigenvalue weighted by atomic mass is 10.1. The Kier molecular flexibility index (Phi) is 17.8. The average molecular weight is 797 g/mol. The summed E-state index contributed by atoms with van der Waals surface area (Å²) in [6, 6.07) is 10.4. The third-order valence-corrected chi connectivity index (χ3v) is 9.60. The van der Waals surface area contributed by atoms with Gasteiger partial charge in [0.15, 0.2) is 0 Å². The number of hydrogen-bond acceptors (Lipinski definition) is 8. The third-order valence-electron chi connectivity index (χ3n) is 8.43. The molecule has 0 amide bonds. The summed E-state index contributed by atoms with van der Waals surface area (Å²) in [7, 11) is 0. The minimum absolute atomic E-state index is 0.0571. The summed E-state index contributed by atoms with van der Waals surface area (Å²) in [6.45, 7) is 5.53. The minimum Gasteiger partial charge on any atom is -0.383 e. The maximum absolute atomic E-state index is 13.0. The van der Waals surface area contributed by atoms with Crippen LogP contribution in [-0.4, -0.2) is 43.2 Å². The van der Waals surface area contributed by atoms with E-state index >= 15 is 0 Å². The molecular weight excluding hydrogens is 750 g/mol. The second-order valence-electron chi connectivity index (χ2n) is 12.5. The predicted molar refractivity (Wildman–Crippen MR) is 203 cm³/mol. The highest BCUT2D eigenvalue weighted by atomic mass is 35.5. The van der Waals surface area contributed by atoms with E-state index in [1.165, 1.54) is 12.4 Å². The van der Waals surface area contributed by atoms with Crippen molar-refractivity contribution in [1.82, 2.24) is 19.1 Å². The molecule has 0 aliphatic carbocycles. The Morgan fingerprint density at radius 2 is 1.06 bits per heavy atom. The smallest absolute Gasteiger partial charge is 0.383 e. The van der Waals surface area contributed by atoms with E-state index in [1.54, 1.807) is 45.8 Å². The molecule has 2 aromatic heterocycles. The van der Waals surface area contributed by atoms with Crippen molar-refractivity contribution in [3.63, 3.8) is 0 Å². The monoisotopic (exact) mass is 794 g/mol. The first kappa shape index (κ1) is 41.6. The maximum Gasteiger partial charge on any atom is 0.425 e. The molecule has 0 aliphatic rings. The van der Waals surface area contributed by atoms with E-state index < -0.39 is 11.9 Å². The number of ether oxygens (including phenoxy) is 4. The van der Waals surface area contributed by atoms with Crippen LogP contribution in [0.15, 0.2) is 61.2 Å². The van der Waals surface area contributed by atoms with Gasteiger partial charge in [0.2, 0.25) is 0 Å². The molecule has 0 N–H and O–H groups in total. The summed E-state index contributed by atoms with van der Waals surface area (Å²) in [6.07, 6.45) is 15.8. The number of benzene rings is 2. The van der Waals surface area contributed by atoms with Crippen LogP contribution in [0, 0.1) is 0 Å². The van der Waals surface area contributed by atoms with Gasteiger partial charge in [0.05, 0.1) is 38.5 Å². The van der Waals surface area contributed by atoms with E-state index in [0.717, 1.165) is 75.3 Å². The van der Waals surface area contributed by atoms with Crippen LogP contribution >= 0.6 is 46.4 Å². The second-order valence-corrected chi connectivity index (χ2v) is 14.2. The Bertz CT molecular complexity index is 1590. The Morgan fingerprint density at radius 3 is 1.44 bits per heavy atom. The van der Waals surface area contributed by atoms with E-state index in [9.17, 15) is 9.59 Å². The van der Waals surface area contributed by atoms with Crippen LogP contribution < -0.4 is 9.47 Å². The van der Waals surface area contributed by atoms with Gasteiger partial charge in [0, 0.05) is 44.9 Å². The highest BCUT2D eigenvalue weighted by Gasteiger charge is 2.25. The highest BCUT2D eigenvalue weighted by Crippen LogP contribution is 2.25. The first-order valence-electron chi connectivity index (χ1n) is 17.7. The van der Waals surface area contributed by atoms with Crippen molar-refractivity contribution in [2.45, 2.75) is 117 Å². The normalized spacial score (nSPS) is 12.5. The van der Waals surface area contributed by atoms with Crippen molar-refractivity contribution >= 4 is 58.3 Å². The topological polar surface area (TPSA) is 107 Å². The van der Waals surface area contributed by atoms with E-state index in [1.807, 2.05) is 12.1 Å². The van der Waals surface area contributed by atoms with E-state index in [-0.39, 0.29) is 37.4 Å². The summed E-state index contributed by atoms with van der Waals surface area (Å²) in [5.41, 5.74) is 1.62. The van der Waals surface area contributed by atoms with Crippen molar-refractivity contribution in [3.8, 4) is 12.0 Å². The summed E-state index contributed by atoms with van der Waals surface area (Å²) < 4.78 is 26.6. The van der Waals surface area contributed by atoms with Crippen LogP contribution in [0.5, 0.6) is 12.0 Å². The van der Waals surface area contributed by atoms with Gasteiger partial charge in [-0.1, -0.05) is 124 Å². The van der Waals surface area contributed by atoms with Gasteiger partial charge in [-0.2, -0.15) is 0 Å². The molecule has 4 aromatic rings. The summed E-state index contributed by atoms with van der Waals surface area (Å²) in [5.74, 6) is -2.47. The Labute approximate surface area is 325 Å². The van der Waals surface area contributed by atoms with Crippen LogP contribution in [0.25, 0.3) is 0 Å². The van der Waals surface area contributed by atoms with E-state index in [2.05, 4.69) is 23.8 Å². The molecule has 2 heterocycles. The first-order valence-corrected chi connectivity index (χ1v) is 19.2. The van der Waals surface area contributed by atoms with E-state index in [4.69, 9.17) is 65.4 Å². The fourth-order valence-electron chi connectivity index (χ4n) is 5.51. The molecule has 0 spiro atoms. The lowest BCUT2D eigenvalue weighted by Gasteiger charge is -2.20. The van der Waals surface area contributed by atoms with Gasteiger partial charge in [0.25, 0.3) is 0 Å². The number of carbonyl (C=O) groups is 2. The van der Waals surface area contributed by atoms with Gasteiger partial charge >= 0.3 is 24.0 Å². The average Bonchev–Trinajstić information content (AvgIpc) is 3.75. The van der Waals surface area contributed by atoms with Gasteiger partial charge in [0.1, 0.15) is 0 Å². The van der Waals surface area contributed by atoms with Crippen molar-refractivity contribution in [1.29, 1.82) is 0 Å². The molecule has 0 fully saturated rings. The zero-order valence-electron chi connectivity index (χ0n) is 29.6.